The average molecular weight is 567 g/mol. The number of rotatable bonds is 13. The van der Waals surface area contributed by atoms with Gasteiger partial charge in [-0.2, -0.15) is 11.8 Å². The molecule has 1 saturated carbocycles. The Kier molecular flexibility index (Phi) is 10.3. The highest BCUT2D eigenvalue weighted by Crippen LogP contribution is 2.32. The van der Waals surface area contributed by atoms with Gasteiger partial charge in [0, 0.05) is 30.8 Å². The topological polar surface area (TPSA) is 58.6 Å². The molecule has 1 amide bonds. The van der Waals surface area contributed by atoms with E-state index < -0.39 is 23.6 Å². The Morgan fingerprint density at radius 1 is 1.07 bits per heavy atom. The fraction of sp³-hybridized carbons (Fsp3) is 0.375. The maximum Gasteiger partial charge on any atom is 0.328 e. The summed E-state index contributed by atoms with van der Waals surface area (Å²) in [7, 11) is 1.32. The highest BCUT2D eigenvalue weighted by Gasteiger charge is 2.29. The van der Waals surface area contributed by atoms with E-state index in [0.29, 0.717) is 48.9 Å². The average Bonchev–Trinajstić information content (AvgIpc) is 3.79. The number of amides is 1. The summed E-state index contributed by atoms with van der Waals surface area (Å²) in [6.07, 6.45) is 5.08. The van der Waals surface area contributed by atoms with E-state index in [1.807, 2.05) is 55.6 Å². The molecule has 0 aliphatic heterocycles. The van der Waals surface area contributed by atoms with Gasteiger partial charge in [0.05, 0.1) is 7.11 Å². The number of nitrogens with zero attached hydrogens (tertiary/aromatic N) is 1. The van der Waals surface area contributed by atoms with Gasteiger partial charge in [0.1, 0.15) is 17.7 Å². The molecule has 3 aromatic carbocycles. The van der Waals surface area contributed by atoms with E-state index in [1.165, 1.54) is 19.2 Å². The molecule has 4 rings (SSSR count). The Labute approximate surface area is 239 Å². The second kappa shape index (κ2) is 13.9. The van der Waals surface area contributed by atoms with Crippen LogP contribution in [0, 0.1) is 18.6 Å². The fourth-order valence-corrected chi connectivity index (χ4v) is 5.37. The number of carbonyl (C=O) groups is 2. The molecule has 1 atom stereocenters. The van der Waals surface area contributed by atoms with Gasteiger partial charge in [-0.25, -0.2) is 13.6 Å². The van der Waals surface area contributed by atoms with Crippen molar-refractivity contribution in [2.75, 3.05) is 25.7 Å². The summed E-state index contributed by atoms with van der Waals surface area (Å²) in [4.78, 5) is 28.2. The van der Waals surface area contributed by atoms with Gasteiger partial charge in [0.25, 0.3) is 5.91 Å². The molecular formula is C32H36F2N2O3S. The lowest BCUT2D eigenvalue weighted by molar-refractivity contribution is -0.142. The van der Waals surface area contributed by atoms with Gasteiger partial charge in [-0.15, -0.1) is 0 Å². The molecule has 212 valence electrons. The molecular weight excluding hydrogens is 530 g/mol. The van der Waals surface area contributed by atoms with Gasteiger partial charge in [0.2, 0.25) is 0 Å². The minimum atomic E-state index is -0.730. The quantitative estimate of drug-likeness (QED) is 0.251. The molecule has 5 nitrogen and oxygen atoms in total. The third-order valence-corrected chi connectivity index (χ3v) is 7.94. The van der Waals surface area contributed by atoms with E-state index >= 15 is 0 Å². The van der Waals surface area contributed by atoms with E-state index in [-0.39, 0.29) is 5.91 Å². The Bertz CT molecular complexity index is 1350. The molecule has 0 aromatic heterocycles. The standard InChI is InChI=1S/C32H36F2N2O3S/c1-21-6-4-5-7-26(21)28-18-22(8-13-27(28)31(37)35-30(15-17-40-3)32(38)39-2)20-36(25-11-12-25)16-14-23-9-10-24(33)19-29(23)34/h4-10,13,18-19,25,30H,11-12,14-17,20H2,1-3H3,(H,35,37). The first-order valence-corrected chi connectivity index (χ1v) is 14.9. The van der Waals surface area contributed by atoms with Crippen molar-refractivity contribution in [3.05, 3.63) is 94.6 Å². The molecule has 1 aliphatic carbocycles. The zero-order valence-corrected chi connectivity index (χ0v) is 24.0. The van der Waals surface area contributed by atoms with E-state index in [1.54, 1.807) is 11.8 Å². The van der Waals surface area contributed by atoms with Crippen LogP contribution >= 0.6 is 11.8 Å². The van der Waals surface area contributed by atoms with E-state index in [2.05, 4.69) is 10.2 Å². The van der Waals surface area contributed by atoms with Crippen LogP contribution in [0.5, 0.6) is 0 Å². The fourth-order valence-electron chi connectivity index (χ4n) is 4.90. The van der Waals surface area contributed by atoms with Crippen molar-refractivity contribution in [2.24, 2.45) is 0 Å². The first-order valence-electron chi connectivity index (χ1n) is 13.5. The molecule has 1 N–H and O–H groups in total. The zero-order chi connectivity index (χ0) is 28.6. The van der Waals surface area contributed by atoms with Crippen molar-refractivity contribution in [3.63, 3.8) is 0 Å². The summed E-state index contributed by atoms with van der Waals surface area (Å²) < 4.78 is 32.5. The highest BCUT2D eigenvalue weighted by atomic mass is 32.2. The number of nitrogens with one attached hydrogen (secondary N) is 1. The number of hydrogen-bond donors (Lipinski definition) is 1. The monoisotopic (exact) mass is 566 g/mol. The van der Waals surface area contributed by atoms with E-state index in [0.717, 1.165) is 41.2 Å². The lowest BCUT2D eigenvalue weighted by Crippen LogP contribution is -2.42. The first-order chi connectivity index (χ1) is 19.3. The van der Waals surface area contributed by atoms with Crippen LogP contribution in [0.2, 0.25) is 0 Å². The number of halogens is 2. The summed E-state index contributed by atoms with van der Waals surface area (Å²) >= 11 is 1.60. The Hall–Kier alpha value is -3.23. The minimum Gasteiger partial charge on any atom is -0.467 e. The second-order valence-corrected chi connectivity index (χ2v) is 11.2. The number of aryl methyl sites for hydroxylation is 1. The predicted molar refractivity (Wildman–Crippen MR) is 156 cm³/mol. The van der Waals surface area contributed by atoms with Crippen molar-refractivity contribution in [3.8, 4) is 11.1 Å². The summed E-state index contributed by atoms with van der Waals surface area (Å²) in [6, 6.07) is 17.1. The molecule has 0 heterocycles. The molecule has 1 unspecified atom stereocenters. The zero-order valence-electron chi connectivity index (χ0n) is 23.2. The summed E-state index contributed by atoms with van der Waals surface area (Å²) in [6.45, 7) is 3.30. The Balaban J connectivity index is 1.59. The van der Waals surface area contributed by atoms with Gasteiger partial charge in [-0.1, -0.05) is 36.4 Å². The maximum atomic E-state index is 14.2. The molecule has 0 bridgehead atoms. The van der Waals surface area contributed by atoms with Crippen LogP contribution < -0.4 is 5.32 Å². The number of benzene rings is 3. The molecule has 0 radical (unpaired) electrons. The van der Waals surface area contributed by atoms with Crippen molar-refractivity contribution >= 4 is 23.6 Å². The second-order valence-electron chi connectivity index (χ2n) is 10.2. The van der Waals surface area contributed by atoms with Gasteiger partial charge < -0.3 is 10.1 Å². The largest absolute Gasteiger partial charge is 0.467 e. The lowest BCUT2D eigenvalue weighted by atomic mass is 9.93. The van der Waals surface area contributed by atoms with Crippen LogP contribution in [0.15, 0.2) is 60.7 Å². The predicted octanol–water partition coefficient (Wildman–Crippen LogP) is 6.17. The van der Waals surface area contributed by atoms with Crippen LogP contribution in [0.25, 0.3) is 11.1 Å². The molecule has 1 fully saturated rings. The first kappa shape index (κ1) is 29.7. The van der Waals surface area contributed by atoms with Gasteiger partial charge >= 0.3 is 5.97 Å². The molecule has 0 spiro atoms. The minimum absolute atomic E-state index is 0.327. The smallest absolute Gasteiger partial charge is 0.328 e. The van der Waals surface area contributed by atoms with Crippen LogP contribution in [-0.2, 0) is 22.5 Å². The van der Waals surface area contributed by atoms with Crippen molar-refractivity contribution in [1.29, 1.82) is 0 Å². The SMILES string of the molecule is COC(=O)C(CCSC)NC(=O)c1ccc(CN(CCc2ccc(F)cc2F)C2CC2)cc1-c1ccccc1C. The molecule has 8 heteroatoms. The van der Waals surface area contributed by atoms with Gasteiger partial charge in [-0.05, 0) is 90.6 Å². The van der Waals surface area contributed by atoms with Gasteiger partial charge in [-0.3, -0.25) is 9.69 Å². The molecule has 40 heavy (non-hydrogen) atoms. The Morgan fingerprint density at radius 2 is 1.85 bits per heavy atom. The highest BCUT2D eigenvalue weighted by molar-refractivity contribution is 7.98. The third-order valence-electron chi connectivity index (χ3n) is 7.30. The number of hydrogen-bond acceptors (Lipinski definition) is 5. The van der Waals surface area contributed by atoms with Gasteiger partial charge in [0.15, 0.2) is 0 Å². The lowest BCUT2D eigenvalue weighted by Gasteiger charge is -2.23. The summed E-state index contributed by atoms with van der Waals surface area (Å²) in [5.41, 5.74) is 4.80. The number of carbonyl (C=O) groups excluding carboxylic acids is 2. The van der Waals surface area contributed by atoms with E-state index in [9.17, 15) is 18.4 Å². The number of methoxy groups -OCH3 is 1. The maximum absolute atomic E-state index is 14.2. The summed E-state index contributed by atoms with van der Waals surface area (Å²) in [5, 5.41) is 2.89. The van der Waals surface area contributed by atoms with Crippen molar-refractivity contribution in [2.45, 2.75) is 51.2 Å². The van der Waals surface area contributed by atoms with Crippen LogP contribution in [0.1, 0.15) is 46.3 Å². The summed E-state index contributed by atoms with van der Waals surface area (Å²) in [5.74, 6) is -1.17. The van der Waals surface area contributed by atoms with Crippen LogP contribution in [-0.4, -0.2) is 54.5 Å². The Morgan fingerprint density at radius 3 is 2.52 bits per heavy atom. The normalized spacial score (nSPS) is 13.8. The van der Waals surface area contributed by atoms with Crippen molar-refractivity contribution < 1.29 is 23.1 Å². The van der Waals surface area contributed by atoms with E-state index in [4.69, 9.17) is 4.74 Å². The molecule has 3 aromatic rings. The number of esters is 1. The molecule has 1 aliphatic rings. The third kappa shape index (κ3) is 7.70. The number of thioether (sulfide) groups is 1. The van der Waals surface area contributed by atoms with Crippen LogP contribution in [0.3, 0.4) is 0 Å². The molecule has 0 saturated heterocycles. The number of ether oxygens (including phenoxy) is 1. The van der Waals surface area contributed by atoms with Crippen LogP contribution in [0.4, 0.5) is 8.78 Å². The van der Waals surface area contributed by atoms with Crippen molar-refractivity contribution in [1.82, 2.24) is 10.2 Å².